The summed E-state index contributed by atoms with van der Waals surface area (Å²) in [6, 6.07) is 7.28. The first-order valence-electron chi connectivity index (χ1n) is 8.95. The summed E-state index contributed by atoms with van der Waals surface area (Å²) in [6.45, 7) is 1.82. The number of nitrogens with two attached hydrogens (primary N) is 1. The number of aromatic amines is 1. The van der Waals surface area contributed by atoms with Gasteiger partial charge in [0, 0.05) is 23.9 Å². The van der Waals surface area contributed by atoms with E-state index in [4.69, 9.17) is 5.73 Å². The first kappa shape index (κ1) is 17.8. The number of hydrogen-bond acceptors (Lipinski definition) is 6. The lowest BCUT2D eigenvalue weighted by Crippen LogP contribution is -2.35. The molecule has 1 atom stereocenters. The summed E-state index contributed by atoms with van der Waals surface area (Å²) in [7, 11) is 1.53. The van der Waals surface area contributed by atoms with E-state index in [1.54, 1.807) is 6.07 Å². The van der Waals surface area contributed by atoms with Crippen LogP contribution in [0.1, 0.15) is 33.4 Å². The number of amides is 2. The monoisotopic (exact) mass is 379 g/mol. The van der Waals surface area contributed by atoms with E-state index in [2.05, 4.69) is 30.9 Å². The molecule has 2 amide bonds. The predicted octanol–water partition coefficient (Wildman–Crippen LogP) is 1.03. The van der Waals surface area contributed by atoms with Crippen molar-refractivity contribution in [3.05, 3.63) is 46.8 Å². The SMILES string of the molecule is CNC(=O)CNC(=O)c1ccc2c(c1)CC(c1cc(N)nc3[nH]c(C)nc13)N2. The quantitative estimate of drug-likeness (QED) is 0.459. The number of carbonyl (C=O) groups is 2. The van der Waals surface area contributed by atoms with Gasteiger partial charge in [0.05, 0.1) is 12.6 Å². The highest BCUT2D eigenvalue weighted by molar-refractivity contribution is 5.97. The molecule has 0 saturated carbocycles. The maximum absolute atomic E-state index is 12.3. The molecule has 1 aliphatic rings. The Balaban J connectivity index is 1.58. The van der Waals surface area contributed by atoms with Gasteiger partial charge in [-0.15, -0.1) is 0 Å². The molecule has 0 spiro atoms. The third kappa shape index (κ3) is 3.22. The summed E-state index contributed by atoms with van der Waals surface area (Å²) in [4.78, 5) is 35.6. The van der Waals surface area contributed by atoms with Crippen LogP contribution in [0.3, 0.4) is 0 Å². The van der Waals surface area contributed by atoms with E-state index in [1.807, 2.05) is 25.1 Å². The summed E-state index contributed by atoms with van der Waals surface area (Å²) in [6.07, 6.45) is 0.691. The number of nitrogens with zero attached hydrogens (tertiary/aromatic N) is 2. The first-order chi connectivity index (χ1) is 13.4. The molecule has 0 saturated heterocycles. The molecule has 0 fully saturated rings. The third-order valence-corrected chi connectivity index (χ3v) is 4.81. The van der Waals surface area contributed by atoms with Gasteiger partial charge in [-0.3, -0.25) is 9.59 Å². The van der Waals surface area contributed by atoms with Crippen LogP contribution < -0.4 is 21.7 Å². The molecule has 3 aromatic rings. The van der Waals surface area contributed by atoms with Crippen LogP contribution in [0.4, 0.5) is 11.5 Å². The van der Waals surface area contributed by atoms with Crippen molar-refractivity contribution in [2.24, 2.45) is 0 Å². The number of pyridine rings is 1. The van der Waals surface area contributed by atoms with Gasteiger partial charge in [0.25, 0.3) is 5.91 Å². The summed E-state index contributed by atoms with van der Waals surface area (Å²) in [5.41, 5.74) is 10.9. The van der Waals surface area contributed by atoms with E-state index in [-0.39, 0.29) is 24.4 Å². The molecule has 1 unspecified atom stereocenters. The van der Waals surface area contributed by atoms with Gasteiger partial charge in [-0.2, -0.15) is 0 Å². The lowest BCUT2D eigenvalue weighted by molar-refractivity contribution is -0.119. The number of carbonyl (C=O) groups excluding carboxylic acids is 2. The Morgan fingerprint density at radius 3 is 2.89 bits per heavy atom. The molecule has 28 heavy (non-hydrogen) atoms. The van der Waals surface area contributed by atoms with Crippen LogP contribution in [0.5, 0.6) is 0 Å². The molecular formula is C19H21N7O2. The zero-order chi connectivity index (χ0) is 19.8. The molecule has 144 valence electrons. The van der Waals surface area contributed by atoms with Crippen LogP contribution in [-0.4, -0.2) is 40.4 Å². The Labute approximate surface area is 161 Å². The molecule has 1 aliphatic heterocycles. The number of aryl methyl sites for hydroxylation is 1. The van der Waals surface area contributed by atoms with Crippen molar-refractivity contribution in [3.8, 4) is 0 Å². The van der Waals surface area contributed by atoms with Crippen molar-refractivity contribution < 1.29 is 9.59 Å². The van der Waals surface area contributed by atoms with Crippen molar-refractivity contribution >= 4 is 34.5 Å². The van der Waals surface area contributed by atoms with Gasteiger partial charge < -0.3 is 26.7 Å². The second-order valence-corrected chi connectivity index (χ2v) is 6.78. The lowest BCUT2D eigenvalue weighted by atomic mass is 10.0. The van der Waals surface area contributed by atoms with Gasteiger partial charge >= 0.3 is 0 Å². The van der Waals surface area contributed by atoms with Gasteiger partial charge in [-0.1, -0.05) is 0 Å². The number of nitrogen functional groups attached to an aromatic ring is 1. The highest BCUT2D eigenvalue weighted by Gasteiger charge is 2.26. The average Bonchev–Trinajstić information content (AvgIpc) is 3.26. The molecule has 0 radical (unpaired) electrons. The van der Waals surface area contributed by atoms with Crippen molar-refractivity contribution in [2.75, 3.05) is 24.6 Å². The Hall–Kier alpha value is -3.62. The van der Waals surface area contributed by atoms with Gasteiger partial charge in [-0.05, 0) is 43.2 Å². The molecular weight excluding hydrogens is 358 g/mol. The van der Waals surface area contributed by atoms with Gasteiger partial charge in [0.15, 0.2) is 5.65 Å². The number of imidazole rings is 1. The standard InChI is InChI=1S/C19H21N7O2/c1-9-23-17-12(7-15(20)26-18(17)24-9)14-6-11-5-10(3-4-13(11)25-14)19(28)22-8-16(27)21-2/h3-5,7,14,25H,6,8H2,1-2H3,(H,21,27)(H,22,28)(H3,20,23,24,26). The Morgan fingerprint density at radius 1 is 1.29 bits per heavy atom. The van der Waals surface area contributed by atoms with E-state index in [0.29, 0.717) is 23.4 Å². The van der Waals surface area contributed by atoms with E-state index in [9.17, 15) is 9.59 Å². The number of rotatable bonds is 4. The minimum atomic E-state index is -0.284. The smallest absolute Gasteiger partial charge is 0.251 e. The zero-order valence-corrected chi connectivity index (χ0v) is 15.6. The van der Waals surface area contributed by atoms with Crippen molar-refractivity contribution in [2.45, 2.75) is 19.4 Å². The highest BCUT2D eigenvalue weighted by atomic mass is 16.2. The first-order valence-corrected chi connectivity index (χ1v) is 8.95. The second kappa shape index (κ2) is 6.84. The Morgan fingerprint density at radius 2 is 2.11 bits per heavy atom. The van der Waals surface area contributed by atoms with E-state index < -0.39 is 0 Å². The fourth-order valence-electron chi connectivity index (χ4n) is 3.46. The number of hydrogen-bond donors (Lipinski definition) is 5. The van der Waals surface area contributed by atoms with Crippen LogP contribution in [0.15, 0.2) is 24.3 Å². The topological polar surface area (TPSA) is 138 Å². The van der Waals surface area contributed by atoms with Gasteiger partial charge in [0.2, 0.25) is 5.91 Å². The maximum Gasteiger partial charge on any atom is 0.251 e. The zero-order valence-electron chi connectivity index (χ0n) is 15.6. The largest absolute Gasteiger partial charge is 0.384 e. The maximum atomic E-state index is 12.3. The number of nitrogens with one attached hydrogen (secondary N) is 4. The molecule has 9 nitrogen and oxygen atoms in total. The van der Waals surface area contributed by atoms with Crippen LogP contribution in [0.25, 0.3) is 11.2 Å². The second-order valence-electron chi connectivity index (χ2n) is 6.78. The normalized spacial score (nSPS) is 15.1. The predicted molar refractivity (Wildman–Crippen MR) is 106 cm³/mol. The number of H-pyrrole nitrogens is 1. The summed E-state index contributed by atoms with van der Waals surface area (Å²) in [5, 5.41) is 8.55. The van der Waals surface area contributed by atoms with E-state index >= 15 is 0 Å². The van der Waals surface area contributed by atoms with Crippen molar-refractivity contribution in [1.82, 2.24) is 25.6 Å². The summed E-state index contributed by atoms with van der Waals surface area (Å²) < 4.78 is 0. The molecule has 6 N–H and O–H groups in total. The number of likely N-dealkylation sites (N-methyl/N-ethyl adjacent to an activating group) is 1. The van der Waals surface area contributed by atoms with Crippen molar-refractivity contribution in [3.63, 3.8) is 0 Å². The highest BCUT2D eigenvalue weighted by Crippen LogP contribution is 2.37. The molecule has 1 aromatic carbocycles. The van der Waals surface area contributed by atoms with Gasteiger partial charge in [-0.25, -0.2) is 9.97 Å². The van der Waals surface area contributed by atoms with Crippen molar-refractivity contribution in [1.29, 1.82) is 0 Å². The van der Waals surface area contributed by atoms with Crippen LogP contribution in [0, 0.1) is 6.92 Å². The fraction of sp³-hybridized carbons (Fsp3) is 0.263. The molecule has 3 heterocycles. The molecule has 9 heteroatoms. The third-order valence-electron chi connectivity index (χ3n) is 4.81. The van der Waals surface area contributed by atoms with E-state index in [1.165, 1.54) is 7.05 Å². The average molecular weight is 379 g/mol. The fourth-order valence-corrected chi connectivity index (χ4v) is 3.46. The molecule has 0 aliphatic carbocycles. The van der Waals surface area contributed by atoms with Crippen LogP contribution >= 0.6 is 0 Å². The van der Waals surface area contributed by atoms with Gasteiger partial charge in [0.1, 0.15) is 17.2 Å². The molecule has 4 rings (SSSR count). The number of fused-ring (bicyclic) bond motifs is 2. The number of benzene rings is 1. The minimum Gasteiger partial charge on any atom is -0.384 e. The summed E-state index contributed by atoms with van der Waals surface area (Å²) in [5.74, 6) is 0.677. The number of anilines is 2. The summed E-state index contributed by atoms with van der Waals surface area (Å²) >= 11 is 0. The minimum absolute atomic E-state index is 0.0188. The lowest BCUT2D eigenvalue weighted by Gasteiger charge is -2.12. The number of aromatic nitrogens is 3. The molecule has 2 aromatic heterocycles. The van der Waals surface area contributed by atoms with Crippen LogP contribution in [-0.2, 0) is 11.2 Å². The van der Waals surface area contributed by atoms with E-state index in [0.717, 1.165) is 28.2 Å². The van der Waals surface area contributed by atoms with Crippen LogP contribution in [0.2, 0.25) is 0 Å². The molecule has 0 bridgehead atoms. The Kier molecular flexibility index (Phi) is 4.34. The Bertz CT molecular complexity index is 1090.